The number of benzene rings is 1. The molecule has 1 aromatic rings. The van der Waals surface area contributed by atoms with Crippen molar-refractivity contribution in [3.8, 4) is 0 Å². The fourth-order valence-electron chi connectivity index (χ4n) is 1.64. The highest BCUT2D eigenvalue weighted by atomic mass is 32.2. The van der Waals surface area contributed by atoms with Gasteiger partial charge in [0.2, 0.25) is 10.9 Å². The second-order valence-electron chi connectivity index (χ2n) is 5.50. The van der Waals surface area contributed by atoms with Crippen molar-refractivity contribution in [3.63, 3.8) is 0 Å². The third-order valence-electron chi connectivity index (χ3n) is 2.49. The van der Waals surface area contributed by atoms with Crippen LogP contribution in [0.25, 0.3) is 0 Å². The Balaban J connectivity index is 2.71. The Bertz CT molecular complexity index is 539. The highest BCUT2D eigenvalue weighted by molar-refractivity contribution is 7.98. The van der Waals surface area contributed by atoms with Crippen molar-refractivity contribution in [1.82, 2.24) is 4.31 Å². The Morgan fingerprint density at radius 2 is 1.81 bits per heavy atom. The maximum Gasteiger partial charge on any atom is 0.321 e. The molecule has 0 heterocycles. The SMILES string of the molecule is CSc1ccc(CN(CC(=O)OC(C)(C)C)[SH](=O)=O)cc1. The van der Waals surface area contributed by atoms with Gasteiger partial charge in [0.1, 0.15) is 12.1 Å². The number of thioether (sulfide) groups is 1. The standard InChI is InChI=1S/C14H21NO4S2/c1-14(2,3)19-13(16)10-15(21(17)18)9-11-5-7-12(20-4)8-6-11/h5-8,21H,9-10H2,1-4H3. The largest absolute Gasteiger partial charge is 0.459 e. The zero-order valence-corrected chi connectivity index (χ0v) is 14.4. The van der Waals surface area contributed by atoms with Crippen molar-refractivity contribution in [2.75, 3.05) is 12.8 Å². The van der Waals surface area contributed by atoms with Crippen molar-refractivity contribution in [1.29, 1.82) is 0 Å². The van der Waals surface area contributed by atoms with Crippen LogP contribution in [0, 0.1) is 0 Å². The molecule has 1 aromatic carbocycles. The predicted molar refractivity (Wildman–Crippen MR) is 84.8 cm³/mol. The average molecular weight is 331 g/mol. The molecule has 0 amide bonds. The van der Waals surface area contributed by atoms with E-state index in [1.165, 1.54) is 0 Å². The first-order chi connectivity index (χ1) is 9.71. The number of carbonyl (C=O) groups excluding carboxylic acids is 1. The van der Waals surface area contributed by atoms with Gasteiger partial charge in [0.15, 0.2) is 0 Å². The minimum atomic E-state index is -2.85. The summed E-state index contributed by atoms with van der Waals surface area (Å²) in [6.45, 7) is 5.11. The van der Waals surface area contributed by atoms with Crippen LogP contribution in [-0.4, -0.2) is 37.1 Å². The number of esters is 1. The Hall–Kier alpha value is -1.05. The topological polar surface area (TPSA) is 63.7 Å². The molecule has 0 aliphatic carbocycles. The lowest BCUT2D eigenvalue weighted by Gasteiger charge is -2.21. The maximum atomic E-state index is 11.7. The van der Waals surface area contributed by atoms with Crippen LogP contribution in [0.3, 0.4) is 0 Å². The van der Waals surface area contributed by atoms with E-state index in [1.54, 1.807) is 32.5 Å². The van der Waals surface area contributed by atoms with E-state index >= 15 is 0 Å². The number of thiol groups is 1. The summed E-state index contributed by atoms with van der Waals surface area (Å²) in [4.78, 5) is 12.8. The van der Waals surface area contributed by atoms with E-state index < -0.39 is 22.5 Å². The molecule has 0 unspecified atom stereocenters. The molecule has 0 atom stereocenters. The molecule has 5 nitrogen and oxygen atoms in total. The average Bonchev–Trinajstić information content (AvgIpc) is 2.36. The number of rotatable bonds is 6. The van der Waals surface area contributed by atoms with Crippen LogP contribution in [0.4, 0.5) is 0 Å². The predicted octanol–water partition coefficient (Wildman–Crippen LogP) is 2.08. The molecule has 0 fully saturated rings. The Morgan fingerprint density at radius 3 is 2.24 bits per heavy atom. The van der Waals surface area contributed by atoms with Crippen LogP contribution in [0.2, 0.25) is 0 Å². The first-order valence-electron chi connectivity index (χ1n) is 6.45. The van der Waals surface area contributed by atoms with Gasteiger partial charge in [0.25, 0.3) is 0 Å². The number of hydrogen-bond donors (Lipinski definition) is 1. The van der Waals surface area contributed by atoms with Gasteiger partial charge in [-0.15, -0.1) is 11.8 Å². The van der Waals surface area contributed by atoms with Crippen molar-refractivity contribution >= 4 is 28.6 Å². The molecule has 0 bridgehead atoms. The summed E-state index contributed by atoms with van der Waals surface area (Å²) in [5.41, 5.74) is 0.202. The summed E-state index contributed by atoms with van der Waals surface area (Å²) < 4.78 is 28.8. The van der Waals surface area contributed by atoms with E-state index in [0.717, 1.165) is 14.8 Å². The first kappa shape index (κ1) is 18.0. The van der Waals surface area contributed by atoms with Gasteiger partial charge < -0.3 is 4.74 Å². The monoisotopic (exact) mass is 331 g/mol. The van der Waals surface area contributed by atoms with Gasteiger partial charge in [-0.1, -0.05) is 12.1 Å². The van der Waals surface area contributed by atoms with Gasteiger partial charge in [0, 0.05) is 11.4 Å². The van der Waals surface area contributed by atoms with Gasteiger partial charge in [-0.3, -0.25) is 4.79 Å². The van der Waals surface area contributed by atoms with Crippen LogP contribution in [0.1, 0.15) is 26.3 Å². The quantitative estimate of drug-likeness (QED) is 0.491. The molecular weight excluding hydrogens is 310 g/mol. The molecule has 0 aliphatic heterocycles. The lowest BCUT2D eigenvalue weighted by Crippen LogP contribution is -2.33. The summed E-state index contributed by atoms with van der Waals surface area (Å²) >= 11 is 1.61. The minimum absolute atomic E-state index is 0.159. The molecule has 0 radical (unpaired) electrons. The fourth-order valence-corrected chi connectivity index (χ4v) is 2.55. The summed E-state index contributed by atoms with van der Waals surface area (Å²) in [6.07, 6.45) is 1.97. The van der Waals surface area contributed by atoms with E-state index in [4.69, 9.17) is 4.74 Å². The minimum Gasteiger partial charge on any atom is -0.459 e. The molecule has 0 aliphatic rings. The lowest BCUT2D eigenvalue weighted by molar-refractivity contribution is -0.155. The third kappa shape index (κ3) is 6.97. The molecule has 0 saturated carbocycles. The lowest BCUT2D eigenvalue weighted by atomic mass is 10.2. The van der Waals surface area contributed by atoms with E-state index in [1.807, 2.05) is 30.5 Å². The number of carbonyl (C=O) groups is 1. The molecular formula is C14H21NO4S2. The Labute approximate surface area is 131 Å². The van der Waals surface area contributed by atoms with Gasteiger partial charge in [0.05, 0.1) is 0 Å². The van der Waals surface area contributed by atoms with Gasteiger partial charge in [-0.25, -0.2) is 8.42 Å². The number of hydrogen-bond acceptors (Lipinski definition) is 5. The van der Waals surface area contributed by atoms with Crippen molar-refractivity contribution in [2.45, 2.75) is 37.8 Å². The van der Waals surface area contributed by atoms with Crippen molar-refractivity contribution in [3.05, 3.63) is 29.8 Å². The highest BCUT2D eigenvalue weighted by Crippen LogP contribution is 2.16. The van der Waals surface area contributed by atoms with Crippen molar-refractivity contribution in [2.24, 2.45) is 0 Å². The second kappa shape index (κ2) is 7.82. The molecule has 118 valence electrons. The van der Waals surface area contributed by atoms with Crippen molar-refractivity contribution < 1.29 is 17.9 Å². The Morgan fingerprint density at radius 1 is 1.24 bits per heavy atom. The molecule has 7 heteroatoms. The number of nitrogens with zero attached hydrogens (tertiary/aromatic N) is 1. The van der Waals surface area contributed by atoms with E-state index in [-0.39, 0.29) is 13.1 Å². The zero-order chi connectivity index (χ0) is 16.0. The van der Waals surface area contributed by atoms with Gasteiger partial charge in [-0.05, 0) is 44.7 Å². The van der Waals surface area contributed by atoms with Crippen LogP contribution in [0.15, 0.2) is 29.2 Å². The molecule has 0 aromatic heterocycles. The van der Waals surface area contributed by atoms with Crippen LogP contribution in [-0.2, 0) is 27.0 Å². The zero-order valence-electron chi connectivity index (χ0n) is 12.7. The highest BCUT2D eigenvalue weighted by Gasteiger charge is 2.20. The summed E-state index contributed by atoms with van der Waals surface area (Å²) in [7, 11) is -2.85. The van der Waals surface area contributed by atoms with E-state index in [2.05, 4.69) is 0 Å². The van der Waals surface area contributed by atoms with E-state index in [0.29, 0.717) is 0 Å². The van der Waals surface area contributed by atoms with Gasteiger partial charge >= 0.3 is 5.97 Å². The molecule has 21 heavy (non-hydrogen) atoms. The van der Waals surface area contributed by atoms with Crippen LogP contribution in [0.5, 0.6) is 0 Å². The van der Waals surface area contributed by atoms with Crippen LogP contribution >= 0.6 is 11.8 Å². The van der Waals surface area contributed by atoms with Gasteiger partial charge in [-0.2, -0.15) is 4.31 Å². The fraction of sp³-hybridized carbons (Fsp3) is 0.500. The van der Waals surface area contributed by atoms with E-state index in [9.17, 15) is 13.2 Å². The smallest absolute Gasteiger partial charge is 0.321 e. The summed E-state index contributed by atoms with van der Waals surface area (Å²) in [5.74, 6) is -0.553. The number of ether oxygens (including phenoxy) is 1. The summed E-state index contributed by atoms with van der Waals surface area (Å²) in [6, 6.07) is 7.55. The molecule has 0 N–H and O–H groups in total. The maximum absolute atomic E-state index is 11.7. The normalized spacial score (nSPS) is 11.9. The molecule has 1 rings (SSSR count). The third-order valence-corrected chi connectivity index (χ3v) is 3.98. The summed E-state index contributed by atoms with van der Waals surface area (Å²) in [5, 5.41) is 0. The first-order valence-corrected chi connectivity index (χ1v) is 8.81. The Kier molecular flexibility index (Phi) is 6.70. The second-order valence-corrected chi connectivity index (χ2v) is 7.42. The molecule has 0 spiro atoms. The van der Waals surface area contributed by atoms with Crippen LogP contribution < -0.4 is 0 Å². The molecule has 0 saturated heterocycles.